The maximum atomic E-state index is 12.7. The van der Waals surface area contributed by atoms with E-state index in [0.717, 1.165) is 16.7 Å². The van der Waals surface area contributed by atoms with Crippen LogP contribution in [0.4, 0.5) is 5.00 Å². The molecule has 0 aliphatic rings. The summed E-state index contributed by atoms with van der Waals surface area (Å²) in [5.74, 6) is -0.387. The van der Waals surface area contributed by atoms with Crippen molar-refractivity contribution in [1.82, 2.24) is 0 Å². The molecule has 0 atom stereocenters. The minimum absolute atomic E-state index is 0.342. The lowest BCUT2D eigenvalue weighted by atomic mass is 10.0. The molecule has 138 valence electrons. The van der Waals surface area contributed by atoms with Crippen LogP contribution >= 0.6 is 11.3 Å². The number of ether oxygens (including phenoxy) is 2. The van der Waals surface area contributed by atoms with E-state index in [2.05, 4.69) is 5.32 Å². The number of hydrogen-bond acceptors (Lipinski definition) is 5. The van der Waals surface area contributed by atoms with Gasteiger partial charge in [0.1, 0.15) is 16.3 Å². The number of aryl methyl sites for hydroxylation is 1. The first-order valence-electron chi connectivity index (χ1n) is 8.26. The highest BCUT2D eigenvalue weighted by Gasteiger charge is 2.23. The maximum Gasteiger partial charge on any atom is 0.341 e. The van der Waals surface area contributed by atoms with Crippen molar-refractivity contribution in [2.75, 3.05) is 19.5 Å². The molecule has 0 aliphatic heterocycles. The summed E-state index contributed by atoms with van der Waals surface area (Å²) in [5.41, 5.74) is 3.46. The Labute approximate surface area is 161 Å². The Bertz CT molecular complexity index is 976. The van der Waals surface area contributed by atoms with E-state index in [9.17, 15) is 9.59 Å². The van der Waals surface area contributed by atoms with Crippen LogP contribution in [0.3, 0.4) is 0 Å². The smallest absolute Gasteiger partial charge is 0.341 e. The third kappa shape index (κ3) is 3.85. The lowest BCUT2D eigenvalue weighted by Gasteiger charge is -2.10. The van der Waals surface area contributed by atoms with Crippen molar-refractivity contribution < 1.29 is 19.1 Å². The summed E-state index contributed by atoms with van der Waals surface area (Å²) < 4.78 is 10.2. The van der Waals surface area contributed by atoms with Gasteiger partial charge in [-0.25, -0.2) is 4.79 Å². The molecule has 1 N–H and O–H groups in total. The summed E-state index contributed by atoms with van der Waals surface area (Å²) in [6.07, 6.45) is 0. The molecule has 0 unspecified atom stereocenters. The molecule has 0 spiro atoms. The Morgan fingerprint density at radius 3 is 2.37 bits per heavy atom. The van der Waals surface area contributed by atoms with Crippen LogP contribution in [0.25, 0.3) is 11.1 Å². The number of nitrogens with one attached hydrogen (secondary N) is 1. The van der Waals surface area contributed by atoms with Crippen molar-refractivity contribution >= 4 is 28.2 Å². The minimum Gasteiger partial charge on any atom is -0.496 e. The predicted octanol–water partition coefficient (Wildman–Crippen LogP) is 4.77. The number of carbonyl (C=O) groups is 2. The Kier molecular flexibility index (Phi) is 5.57. The molecule has 1 aromatic heterocycles. The van der Waals surface area contributed by atoms with E-state index in [1.807, 2.05) is 36.6 Å². The zero-order chi connectivity index (χ0) is 19.4. The molecule has 0 saturated carbocycles. The molecule has 0 radical (unpaired) electrons. The first kappa shape index (κ1) is 18.7. The average molecular weight is 381 g/mol. The lowest BCUT2D eigenvalue weighted by molar-refractivity contribution is 0.0603. The molecule has 0 bridgehead atoms. The largest absolute Gasteiger partial charge is 0.496 e. The SMILES string of the molecule is COC(=O)c1c(-c2ccc(C)cc2)csc1NC(=O)c1ccccc1OC. The Hall–Kier alpha value is -3.12. The van der Waals surface area contributed by atoms with Crippen LogP contribution in [-0.2, 0) is 4.74 Å². The Morgan fingerprint density at radius 1 is 1.00 bits per heavy atom. The van der Waals surface area contributed by atoms with Crippen LogP contribution in [0.1, 0.15) is 26.3 Å². The van der Waals surface area contributed by atoms with Crippen molar-refractivity contribution in [2.45, 2.75) is 6.92 Å². The van der Waals surface area contributed by atoms with E-state index >= 15 is 0 Å². The van der Waals surface area contributed by atoms with Crippen LogP contribution in [0.2, 0.25) is 0 Å². The second-order valence-electron chi connectivity index (χ2n) is 5.87. The highest BCUT2D eigenvalue weighted by atomic mass is 32.1. The molecule has 6 heteroatoms. The van der Waals surface area contributed by atoms with Gasteiger partial charge in [0, 0.05) is 10.9 Å². The lowest BCUT2D eigenvalue weighted by Crippen LogP contribution is -2.15. The van der Waals surface area contributed by atoms with Crippen molar-refractivity contribution in [2.24, 2.45) is 0 Å². The molecular formula is C21H19NO4S. The summed E-state index contributed by atoms with van der Waals surface area (Å²) in [7, 11) is 2.83. The average Bonchev–Trinajstić information content (AvgIpc) is 3.11. The van der Waals surface area contributed by atoms with Crippen molar-refractivity contribution in [3.63, 3.8) is 0 Å². The Morgan fingerprint density at radius 2 is 1.70 bits per heavy atom. The van der Waals surface area contributed by atoms with Gasteiger partial charge in [0.05, 0.1) is 19.8 Å². The number of amides is 1. The fourth-order valence-corrected chi connectivity index (χ4v) is 3.66. The minimum atomic E-state index is -0.498. The zero-order valence-electron chi connectivity index (χ0n) is 15.2. The van der Waals surface area contributed by atoms with E-state index in [-0.39, 0.29) is 5.91 Å². The van der Waals surface area contributed by atoms with E-state index in [1.165, 1.54) is 25.6 Å². The number of anilines is 1. The van der Waals surface area contributed by atoms with Gasteiger partial charge in [-0.05, 0) is 24.6 Å². The highest BCUT2D eigenvalue weighted by Crippen LogP contribution is 2.36. The fraction of sp³-hybridized carbons (Fsp3) is 0.143. The molecule has 1 amide bonds. The van der Waals surface area contributed by atoms with Gasteiger partial charge >= 0.3 is 5.97 Å². The summed E-state index contributed by atoms with van der Waals surface area (Å²) in [6, 6.07) is 14.7. The predicted molar refractivity (Wildman–Crippen MR) is 107 cm³/mol. The molecular weight excluding hydrogens is 362 g/mol. The molecule has 27 heavy (non-hydrogen) atoms. The normalized spacial score (nSPS) is 10.3. The van der Waals surface area contributed by atoms with Crippen LogP contribution in [0.15, 0.2) is 53.9 Å². The van der Waals surface area contributed by atoms with E-state index in [4.69, 9.17) is 9.47 Å². The van der Waals surface area contributed by atoms with E-state index in [1.54, 1.807) is 24.3 Å². The molecule has 3 rings (SSSR count). The number of thiophene rings is 1. The molecule has 0 fully saturated rings. The maximum absolute atomic E-state index is 12.7. The number of rotatable bonds is 5. The first-order chi connectivity index (χ1) is 13.0. The first-order valence-corrected chi connectivity index (χ1v) is 9.14. The number of para-hydroxylation sites is 1. The summed E-state index contributed by atoms with van der Waals surface area (Å²) in [6.45, 7) is 2.00. The second-order valence-corrected chi connectivity index (χ2v) is 6.75. The highest BCUT2D eigenvalue weighted by molar-refractivity contribution is 7.15. The standard InChI is InChI=1S/C21H19NO4S/c1-13-8-10-14(11-9-13)16-12-27-20(18(16)21(24)26-3)22-19(23)15-6-4-5-7-17(15)25-2/h4-12H,1-3H3,(H,22,23). The van der Waals surface area contributed by atoms with Crippen molar-refractivity contribution in [1.29, 1.82) is 0 Å². The summed E-state index contributed by atoms with van der Waals surface area (Å²) >= 11 is 1.28. The number of carbonyl (C=O) groups excluding carboxylic acids is 2. The fourth-order valence-electron chi connectivity index (χ4n) is 2.70. The quantitative estimate of drug-likeness (QED) is 0.647. The van der Waals surface area contributed by atoms with Gasteiger partial charge in [0.25, 0.3) is 5.91 Å². The van der Waals surface area contributed by atoms with E-state index < -0.39 is 5.97 Å². The van der Waals surface area contributed by atoms with Crippen LogP contribution in [0.5, 0.6) is 5.75 Å². The summed E-state index contributed by atoms with van der Waals surface area (Å²) in [4.78, 5) is 25.1. The van der Waals surface area contributed by atoms with Crippen molar-refractivity contribution in [3.05, 3.63) is 70.6 Å². The zero-order valence-corrected chi connectivity index (χ0v) is 16.1. The third-order valence-electron chi connectivity index (χ3n) is 4.12. The summed E-state index contributed by atoms with van der Waals surface area (Å²) in [5, 5.41) is 5.10. The number of benzene rings is 2. The van der Waals surface area contributed by atoms with Crippen LogP contribution in [-0.4, -0.2) is 26.1 Å². The van der Waals surface area contributed by atoms with Gasteiger partial charge < -0.3 is 14.8 Å². The van der Waals surface area contributed by atoms with Gasteiger partial charge in [-0.1, -0.05) is 42.0 Å². The third-order valence-corrected chi connectivity index (χ3v) is 5.02. The number of hydrogen-bond donors (Lipinski definition) is 1. The number of methoxy groups -OCH3 is 2. The van der Waals surface area contributed by atoms with Gasteiger partial charge in [0.15, 0.2) is 0 Å². The topological polar surface area (TPSA) is 64.6 Å². The van der Waals surface area contributed by atoms with Crippen LogP contribution in [0, 0.1) is 6.92 Å². The molecule has 3 aromatic rings. The Balaban J connectivity index is 1.99. The molecule has 0 saturated heterocycles. The number of esters is 1. The van der Waals surface area contributed by atoms with Crippen molar-refractivity contribution in [3.8, 4) is 16.9 Å². The van der Waals surface area contributed by atoms with E-state index in [0.29, 0.717) is 21.9 Å². The van der Waals surface area contributed by atoms with Gasteiger partial charge in [-0.2, -0.15) is 0 Å². The van der Waals surface area contributed by atoms with Crippen LogP contribution < -0.4 is 10.1 Å². The molecule has 5 nitrogen and oxygen atoms in total. The van der Waals surface area contributed by atoms with Gasteiger partial charge in [-0.3, -0.25) is 4.79 Å². The molecule has 0 aliphatic carbocycles. The monoisotopic (exact) mass is 381 g/mol. The second kappa shape index (κ2) is 8.05. The van der Waals surface area contributed by atoms with Gasteiger partial charge in [0.2, 0.25) is 0 Å². The molecule has 1 heterocycles. The molecule has 2 aromatic carbocycles. The van der Waals surface area contributed by atoms with Gasteiger partial charge in [-0.15, -0.1) is 11.3 Å².